The van der Waals surface area contributed by atoms with E-state index in [2.05, 4.69) is 33.9 Å². The summed E-state index contributed by atoms with van der Waals surface area (Å²) in [4.78, 5) is 13.1. The lowest BCUT2D eigenvalue weighted by atomic mass is 10.0. The van der Waals surface area contributed by atoms with Gasteiger partial charge in [0.1, 0.15) is 0 Å². The van der Waals surface area contributed by atoms with Crippen LogP contribution in [0.25, 0.3) is 0 Å². The molecule has 3 aromatic rings. The molecule has 7 heteroatoms. The molecule has 0 fully saturated rings. The van der Waals surface area contributed by atoms with Crippen molar-refractivity contribution in [3.8, 4) is 11.5 Å². The molecular formula is C23H25N3O4. The van der Waals surface area contributed by atoms with Crippen molar-refractivity contribution in [3.63, 3.8) is 0 Å². The average molecular weight is 407 g/mol. The smallest absolute Gasteiger partial charge is 0.269 e. The molecule has 4 rings (SSSR count). The van der Waals surface area contributed by atoms with E-state index in [1.807, 2.05) is 24.3 Å². The molecule has 0 amide bonds. The third-order valence-electron chi connectivity index (χ3n) is 5.63. The van der Waals surface area contributed by atoms with Crippen LogP contribution in [0.1, 0.15) is 29.3 Å². The van der Waals surface area contributed by atoms with Crippen LogP contribution in [0, 0.1) is 10.1 Å². The molecule has 0 spiro atoms. The summed E-state index contributed by atoms with van der Waals surface area (Å²) in [5, 5.41) is 11.1. The van der Waals surface area contributed by atoms with E-state index in [0.717, 1.165) is 36.4 Å². The quantitative estimate of drug-likeness (QED) is 0.447. The first-order valence-electron chi connectivity index (χ1n) is 9.95. The van der Waals surface area contributed by atoms with Gasteiger partial charge >= 0.3 is 0 Å². The maximum Gasteiger partial charge on any atom is 0.269 e. The van der Waals surface area contributed by atoms with E-state index in [0.29, 0.717) is 12.3 Å². The van der Waals surface area contributed by atoms with Crippen molar-refractivity contribution >= 4 is 5.69 Å². The van der Waals surface area contributed by atoms with Gasteiger partial charge in [0.25, 0.3) is 5.69 Å². The number of nitro benzene ring substituents is 1. The first-order valence-corrected chi connectivity index (χ1v) is 9.95. The van der Waals surface area contributed by atoms with Crippen LogP contribution in [-0.2, 0) is 13.1 Å². The van der Waals surface area contributed by atoms with E-state index in [9.17, 15) is 10.1 Å². The van der Waals surface area contributed by atoms with Crippen molar-refractivity contribution in [1.82, 2.24) is 9.47 Å². The first-order chi connectivity index (χ1) is 14.6. The number of non-ortho nitro benzene ring substituents is 1. The summed E-state index contributed by atoms with van der Waals surface area (Å²) in [6, 6.07) is 17.0. The lowest BCUT2D eigenvalue weighted by Crippen LogP contribution is -2.29. The Morgan fingerprint density at radius 2 is 1.83 bits per heavy atom. The fourth-order valence-electron chi connectivity index (χ4n) is 4.27. The first kappa shape index (κ1) is 20.0. The summed E-state index contributed by atoms with van der Waals surface area (Å²) in [6.45, 7) is 2.51. The van der Waals surface area contributed by atoms with E-state index in [1.165, 1.54) is 5.69 Å². The van der Waals surface area contributed by atoms with Gasteiger partial charge in [-0.2, -0.15) is 0 Å². The minimum atomic E-state index is -0.363. The minimum Gasteiger partial charge on any atom is -0.493 e. The van der Waals surface area contributed by atoms with Crippen molar-refractivity contribution in [2.75, 3.05) is 20.8 Å². The zero-order valence-electron chi connectivity index (χ0n) is 17.2. The molecule has 1 aliphatic heterocycles. The number of nitro groups is 1. The van der Waals surface area contributed by atoms with Crippen LogP contribution >= 0.6 is 0 Å². The van der Waals surface area contributed by atoms with Crippen LogP contribution in [0.2, 0.25) is 0 Å². The molecule has 1 atom stereocenters. The molecule has 0 saturated carbocycles. The van der Waals surface area contributed by atoms with Gasteiger partial charge < -0.3 is 14.0 Å². The van der Waals surface area contributed by atoms with Crippen LogP contribution in [0.4, 0.5) is 5.69 Å². The molecule has 0 N–H and O–H groups in total. The fourth-order valence-corrected chi connectivity index (χ4v) is 4.27. The number of benzene rings is 2. The van der Waals surface area contributed by atoms with Crippen LogP contribution < -0.4 is 9.47 Å². The standard InChI is InChI=1S/C23H25N3O4/c1-29-21-8-3-6-18(23(21)30-2)16-25-15-5-14-24-13-4-7-20(24)22(25)17-9-11-19(12-10-17)26(27)28/h3-4,6-13,22H,5,14-16H2,1-2H3/t22-/m1/s1. The van der Waals surface area contributed by atoms with Crippen molar-refractivity contribution in [2.45, 2.75) is 25.6 Å². The summed E-state index contributed by atoms with van der Waals surface area (Å²) < 4.78 is 13.4. The Labute approximate surface area is 175 Å². The molecule has 0 saturated heterocycles. The second-order valence-electron chi connectivity index (χ2n) is 7.35. The molecule has 2 aromatic carbocycles. The predicted octanol–water partition coefficient (Wildman–Crippen LogP) is 4.41. The fraction of sp³-hybridized carbons (Fsp3) is 0.304. The van der Waals surface area contributed by atoms with Crippen LogP contribution in [-0.4, -0.2) is 35.2 Å². The second-order valence-corrected chi connectivity index (χ2v) is 7.35. The second kappa shape index (κ2) is 8.59. The van der Waals surface area contributed by atoms with Crippen LogP contribution in [0.5, 0.6) is 11.5 Å². The van der Waals surface area contributed by atoms with Gasteiger partial charge in [0.05, 0.1) is 25.2 Å². The van der Waals surface area contributed by atoms with E-state index >= 15 is 0 Å². The molecular weight excluding hydrogens is 382 g/mol. The lowest BCUT2D eigenvalue weighted by molar-refractivity contribution is -0.384. The third kappa shape index (κ3) is 3.76. The van der Waals surface area contributed by atoms with E-state index in [1.54, 1.807) is 26.4 Å². The zero-order chi connectivity index (χ0) is 21.1. The maximum absolute atomic E-state index is 11.1. The molecule has 0 aliphatic carbocycles. The van der Waals surface area contributed by atoms with Gasteiger partial charge in [-0.05, 0) is 30.2 Å². The minimum absolute atomic E-state index is 0.0146. The van der Waals surface area contributed by atoms with Crippen molar-refractivity contribution in [1.29, 1.82) is 0 Å². The average Bonchev–Trinajstić information content (AvgIpc) is 3.15. The van der Waals surface area contributed by atoms with Gasteiger partial charge in [-0.3, -0.25) is 15.0 Å². The molecule has 2 heterocycles. The molecule has 0 radical (unpaired) electrons. The number of fused-ring (bicyclic) bond motifs is 1. The summed E-state index contributed by atoms with van der Waals surface area (Å²) >= 11 is 0. The summed E-state index contributed by atoms with van der Waals surface area (Å²) in [5.41, 5.74) is 3.36. The van der Waals surface area contributed by atoms with E-state index < -0.39 is 0 Å². The zero-order valence-corrected chi connectivity index (χ0v) is 17.2. The number of hydrogen-bond acceptors (Lipinski definition) is 5. The van der Waals surface area contributed by atoms with Crippen molar-refractivity contribution < 1.29 is 14.4 Å². The highest BCUT2D eigenvalue weighted by Gasteiger charge is 2.28. The van der Waals surface area contributed by atoms with Gasteiger partial charge in [0.2, 0.25) is 0 Å². The topological polar surface area (TPSA) is 69.8 Å². The number of aromatic nitrogens is 1. The van der Waals surface area contributed by atoms with Gasteiger partial charge in [-0.15, -0.1) is 0 Å². The molecule has 156 valence electrons. The number of hydrogen-bond donors (Lipinski definition) is 0. The van der Waals surface area contributed by atoms with Crippen molar-refractivity contribution in [3.05, 3.63) is 87.7 Å². The van der Waals surface area contributed by atoms with Crippen LogP contribution in [0.15, 0.2) is 60.8 Å². The number of aryl methyl sites for hydroxylation is 1. The number of rotatable bonds is 6. The SMILES string of the molecule is COc1cccc(CN2CCCn3cccc3[C@H]2c2ccc([N+](=O)[O-])cc2)c1OC. The predicted molar refractivity (Wildman–Crippen MR) is 114 cm³/mol. The number of methoxy groups -OCH3 is 2. The highest BCUT2D eigenvalue weighted by Crippen LogP contribution is 2.37. The Hall–Kier alpha value is -3.32. The number of nitrogens with zero attached hydrogens (tertiary/aromatic N) is 3. The largest absolute Gasteiger partial charge is 0.493 e. The normalized spacial score (nSPS) is 16.5. The van der Waals surface area contributed by atoms with E-state index in [4.69, 9.17) is 9.47 Å². The molecule has 0 bridgehead atoms. The highest BCUT2D eigenvalue weighted by molar-refractivity contribution is 5.47. The summed E-state index contributed by atoms with van der Waals surface area (Å²) in [6.07, 6.45) is 3.11. The molecule has 0 unspecified atom stereocenters. The maximum atomic E-state index is 11.1. The summed E-state index contributed by atoms with van der Waals surface area (Å²) in [5.74, 6) is 1.45. The van der Waals surface area contributed by atoms with E-state index in [-0.39, 0.29) is 16.7 Å². The van der Waals surface area contributed by atoms with Gasteiger partial charge in [0, 0.05) is 49.2 Å². The Morgan fingerprint density at radius 3 is 2.53 bits per heavy atom. The lowest BCUT2D eigenvalue weighted by Gasteiger charge is -2.31. The molecule has 7 nitrogen and oxygen atoms in total. The number of para-hydroxylation sites is 1. The highest BCUT2D eigenvalue weighted by atomic mass is 16.6. The summed E-state index contributed by atoms with van der Waals surface area (Å²) in [7, 11) is 3.29. The third-order valence-corrected chi connectivity index (χ3v) is 5.63. The van der Waals surface area contributed by atoms with Gasteiger partial charge in [-0.25, -0.2) is 0 Å². The Morgan fingerprint density at radius 1 is 1.03 bits per heavy atom. The van der Waals surface area contributed by atoms with Crippen molar-refractivity contribution in [2.24, 2.45) is 0 Å². The Bertz CT molecular complexity index is 1030. The van der Waals surface area contributed by atoms with Crippen LogP contribution in [0.3, 0.4) is 0 Å². The Balaban J connectivity index is 1.75. The van der Waals surface area contributed by atoms with Gasteiger partial charge in [-0.1, -0.05) is 24.3 Å². The monoisotopic (exact) mass is 407 g/mol. The molecule has 30 heavy (non-hydrogen) atoms. The number of ether oxygens (including phenoxy) is 2. The Kier molecular flexibility index (Phi) is 5.72. The molecule has 1 aliphatic rings. The van der Waals surface area contributed by atoms with Gasteiger partial charge in [0.15, 0.2) is 11.5 Å². The molecule has 1 aromatic heterocycles.